The van der Waals surface area contributed by atoms with Gasteiger partial charge in [-0.1, -0.05) is 49.4 Å². The predicted molar refractivity (Wildman–Crippen MR) is 159 cm³/mol. The van der Waals surface area contributed by atoms with Gasteiger partial charge in [-0.25, -0.2) is 4.68 Å². The summed E-state index contributed by atoms with van der Waals surface area (Å²) in [5, 5.41) is 13.6. The van der Waals surface area contributed by atoms with Crippen LogP contribution in [-0.4, -0.2) is 56.3 Å². The van der Waals surface area contributed by atoms with E-state index in [1.807, 2.05) is 53.4 Å². The van der Waals surface area contributed by atoms with Crippen LogP contribution < -0.4 is 10.5 Å². The third-order valence-corrected chi connectivity index (χ3v) is 8.12. The second-order valence-electron chi connectivity index (χ2n) is 10.8. The van der Waals surface area contributed by atoms with Crippen molar-refractivity contribution in [1.82, 2.24) is 30.1 Å². The molecule has 8 nitrogen and oxygen atoms in total. The lowest BCUT2D eigenvalue weighted by molar-refractivity contribution is -0.137. The fourth-order valence-electron chi connectivity index (χ4n) is 5.76. The van der Waals surface area contributed by atoms with Gasteiger partial charge in [-0.3, -0.25) is 9.69 Å². The standard InChI is InChI=1S/C32H32F3N7O/c1-2-22-11-12-28-24(19-22)20-27(31(43)36-28)29(30-37-38-39-42(30)14-13-23-7-4-3-5-8-23)41-17-15-40(16-18-41)26-10-6-9-25(21-26)32(33,34)35/h3-12,19-21,29H,2,13-18H2,1H3,(H,36,43)/t29-/m0/s1. The van der Waals surface area contributed by atoms with Gasteiger partial charge >= 0.3 is 6.18 Å². The molecule has 0 amide bonds. The van der Waals surface area contributed by atoms with Crippen molar-refractivity contribution in [3.05, 3.63) is 117 Å². The first-order valence-corrected chi connectivity index (χ1v) is 14.4. The lowest BCUT2D eigenvalue weighted by Gasteiger charge is -2.39. The van der Waals surface area contributed by atoms with Gasteiger partial charge in [-0.15, -0.1) is 5.10 Å². The number of aromatic amines is 1. The molecule has 0 saturated carbocycles. The summed E-state index contributed by atoms with van der Waals surface area (Å²) in [6, 6.07) is 22.8. The quantitative estimate of drug-likeness (QED) is 0.267. The smallest absolute Gasteiger partial charge is 0.369 e. The van der Waals surface area contributed by atoms with Crippen LogP contribution in [-0.2, 0) is 25.6 Å². The number of aryl methyl sites for hydroxylation is 3. The highest BCUT2D eigenvalue weighted by Crippen LogP contribution is 2.33. The molecular weight excluding hydrogens is 555 g/mol. The summed E-state index contributed by atoms with van der Waals surface area (Å²) < 4.78 is 41.9. The molecule has 1 saturated heterocycles. The fraction of sp³-hybridized carbons (Fsp3) is 0.312. The van der Waals surface area contributed by atoms with Crippen LogP contribution >= 0.6 is 0 Å². The highest BCUT2D eigenvalue weighted by molar-refractivity contribution is 5.80. The van der Waals surface area contributed by atoms with Crippen LogP contribution in [0.5, 0.6) is 0 Å². The number of H-pyrrole nitrogens is 1. The number of nitrogens with zero attached hydrogens (tertiary/aromatic N) is 6. The van der Waals surface area contributed by atoms with Crippen molar-refractivity contribution in [1.29, 1.82) is 0 Å². The summed E-state index contributed by atoms with van der Waals surface area (Å²) in [6.07, 6.45) is -2.83. The van der Waals surface area contributed by atoms with Crippen molar-refractivity contribution < 1.29 is 13.2 Å². The minimum atomic E-state index is -4.41. The molecule has 1 aliphatic heterocycles. The molecule has 1 N–H and O–H groups in total. The van der Waals surface area contributed by atoms with E-state index in [-0.39, 0.29) is 5.56 Å². The molecule has 0 unspecified atom stereocenters. The van der Waals surface area contributed by atoms with Gasteiger partial charge < -0.3 is 9.88 Å². The molecule has 2 aromatic heterocycles. The number of tetrazole rings is 1. The van der Waals surface area contributed by atoms with E-state index in [2.05, 4.69) is 38.4 Å². The van der Waals surface area contributed by atoms with E-state index in [0.717, 1.165) is 34.5 Å². The van der Waals surface area contributed by atoms with Gasteiger partial charge in [0.25, 0.3) is 5.56 Å². The maximum atomic E-state index is 13.6. The number of pyridine rings is 1. The van der Waals surface area contributed by atoms with Crippen molar-refractivity contribution in [2.45, 2.75) is 38.5 Å². The molecule has 5 aromatic rings. The highest BCUT2D eigenvalue weighted by atomic mass is 19.4. The Morgan fingerprint density at radius 3 is 2.44 bits per heavy atom. The monoisotopic (exact) mass is 587 g/mol. The van der Waals surface area contributed by atoms with Crippen molar-refractivity contribution in [2.75, 3.05) is 31.1 Å². The third kappa shape index (κ3) is 6.17. The van der Waals surface area contributed by atoms with Crippen LogP contribution in [0, 0.1) is 0 Å². The summed E-state index contributed by atoms with van der Waals surface area (Å²) in [7, 11) is 0. The number of hydrogen-bond donors (Lipinski definition) is 1. The minimum absolute atomic E-state index is 0.223. The van der Waals surface area contributed by atoms with Gasteiger partial charge in [0.15, 0.2) is 5.82 Å². The summed E-state index contributed by atoms with van der Waals surface area (Å²) in [5.74, 6) is 0.556. The minimum Gasteiger partial charge on any atom is -0.369 e. The Balaban J connectivity index is 1.34. The zero-order valence-corrected chi connectivity index (χ0v) is 23.8. The molecule has 11 heteroatoms. The normalized spacial score (nSPS) is 15.2. The average Bonchev–Trinajstić information content (AvgIpc) is 3.49. The van der Waals surface area contributed by atoms with Crippen LogP contribution in [0.15, 0.2) is 83.7 Å². The Labute approximate surface area is 246 Å². The van der Waals surface area contributed by atoms with Gasteiger partial charge in [0.05, 0.1) is 5.56 Å². The largest absolute Gasteiger partial charge is 0.416 e. The molecule has 0 aliphatic carbocycles. The molecule has 0 bridgehead atoms. The molecule has 1 fully saturated rings. The van der Waals surface area contributed by atoms with Crippen LogP contribution in [0.1, 0.15) is 41.0 Å². The van der Waals surface area contributed by atoms with E-state index in [9.17, 15) is 18.0 Å². The molecular formula is C32H32F3N7O. The number of halogens is 3. The van der Waals surface area contributed by atoms with Gasteiger partial charge in [-0.2, -0.15) is 13.2 Å². The highest BCUT2D eigenvalue weighted by Gasteiger charge is 2.34. The van der Waals surface area contributed by atoms with Gasteiger partial charge in [-0.05, 0) is 76.2 Å². The van der Waals surface area contributed by atoms with Crippen molar-refractivity contribution in [2.24, 2.45) is 0 Å². The van der Waals surface area contributed by atoms with E-state index in [4.69, 9.17) is 0 Å². The number of nitrogens with one attached hydrogen (secondary N) is 1. The van der Waals surface area contributed by atoms with Crippen LogP contribution in [0.2, 0.25) is 0 Å². The molecule has 3 heterocycles. The Bertz CT molecular complexity index is 1760. The molecule has 43 heavy (non-hydrogen) atoms. The average molecular weight is 588 g/mol. The number of rotatable bonds is 8. The Morgan fingerprint density at radius 2 is 1.70 bits per heavy atom. The summed E-state index contributed by atoms with van der Waals surface area (Å²) in [5.41, 5.74) is 3.22. The number of piperazine rings is 1. The maximum absolute atomic E-state index is 13.6. The number of aromatic nitrogens is 5. The number of benzene rings is 3. The SMILES string of the molecule is CCc1ccc2[nH]c(=O)c([C@@H](c3nnnn3CCc3ccccc3)N3CCN(c4cccc(C(F)(F)F)c4)CC3)cc2c1. The maximum Gasteiger partial charge on any atom is 0.416 e. The second kappa shape index (κ2) is 12.0. The van der Waals surface area contributed by atoms with Crippen LogP contribution in [0.3, 0.4) is 0 Å². The lowest BCUT2D eigenvalue weighted by atomic mass is 10.0. The Morgan fingerprint density at radius 1 is 0.907 bits per heavy atom. The van der Waals surface area contributed by atoms with Gasteiger partial charge in [0.2, 0.25) is 0 Å². The molecule has 1 atom stereocenters. The number of hydrogen-bond acceptors (Lipinski definition) is 6. The summed E-state index contributed by atoms with van der Waals surface area (Å²) >= 11 is 0. The van der Waals surface area contributed by atoms with Crippen molar-refractivity contribution in [3.8, 4) is 0 Å². The Hall–Kier alpha value is -4.51. The van der Waals surface area contributed by atoms with Crippen LogP contribution in [0.4, 0.5) is 18.9 Å². The van der Waals surface area contributed by atoms with Gasteiger partial charge in [0.1, 0.15) is 6.04 Å². The van der Waals surface area contributed by atoms with E-state index in [1.165, 1.54) is 12.1 Å². The third-order valence-electron chi connectivity index (χ3n) is 8.12. The van der Waals surface area contributed by atoms with Crippen LogP contribution in [0.25, 0.3) is 10.9 Å². The lowest BCUT2D eigenvalue weighted by Crippen LogP contribution is -2.49. The van der Waals surface area contributed by atoms with E-state index in [1.54, 1.807) is 10.7 Å². The number of fused-ring (bicyclic) bond motifs is 1. The molecule has 222 valence electrons. The van der Waals surface area contributed by atoms with Crippen molar-refractivity contribution in [3.63, 3.8) is 0 Å². The first-order chi connectivity index (χ1) is 20.8. The van der Waals surface area contributed by atoms with Crippen molar-refractivity contribution >= 4 is 16.6 Å². The van der Waals surface area contributed by atoms with E-state index < -0.39 is 17.8 Å². The topological polar surface area (TPSA) is 82.9 Å². The van der Waals surface area contributed by atoms with E-state index >= 15 is 0 Å². The molecule has 1 aliphatic rings. The number of alkyl halides is 3. The molecule has 0 radical (unpaired) electrons. The van der Waals surface area contributed by atoms with Gasteiger partial charge in [0, 0.05) is 49.5 Å². The first kappa shape index (κ1) is 28.6. The molecule has 6 rings (SSSR count). The summed E-state index contributed by atoms with van der Waals surface area (Å²) in [4.78, 5) is 20.7. The molecule has 3 aromatic carbocycles. The predicted octanol–water partition coefficient (Wildman–Crippen LogP) is 5.25. The zero-order valence-electron chi connectivity index (χ0n) is 23.8. The second-order valence-corrected chi connectivity index (χ2v) is 10.8. The summed E-state index contributed by atoms with van der Waals surface area (Å²) in [6.45, 7) is 4.57. The van der Waals surface area contributed by atoms with E-state index in [0.29, 0.717) is 56.2 Å². The first-order valence-electron chi connectivity index (χ1n) is 14.4. The Kier molecular flexibility index (Phi) is 7.98. The fourth-order valence-corrected chi connectivity index (χ4v) is 5.76. The molecule has 0 spiro atoms. The zero-order chi connectivity index (χ0) is 30.0. The number of anilines is 1.